The molecule has 0 saturated carbocycles. The summed E-state index contributed by atoms with van der Waals surface area (Å²) in [7, 11) is 0. The summed E-state index contributed by atoms with van der Waals surface area (Å²) in [5.41, 5.74) is 5.18. The van der Waals surface area contributed by atoms with Gasteiger partial charge in [0.25, 0.3) is 0 Å². The van der Waals surface area contributed by atoms with E-state index in [1.165, 1.54) is 0 Å². The summed E-state index contributed by atoms with van der Waals surface area (Å²) in [5, 5.41) is 0. The van der Waals surface area contributed by atoms with Crippen molar-refractivity contribution in [2.24, 2.45) is 10.7 Å². The monoisotopic (exact) mass is 98.0 g/mol. The van der Waals surface area contributed by atoms with Gasteiger partial charge in [0.15, 0.2) is 12.6 Å². The van der Waals surface area contributed by atoms with Crippen LogP contribution in [-0.4, -0.2) is 12.9 Å². The Bertz CT molecular complexity index is 117. The molecule has 0 aliphatic carbocycles. The number of aliphatic imine (C=N–C) groups is 1. The van der Waals surface area contributed by atoms with Gasteiger partial charge in [0, 0.05) is 12.3 Å². The minimum absolute atomic E-state index is 0.363. The highest BCUT2D eigenvalue weighted by atomic mass is 16.5. The van der Waals surface area contributed by atoms with Gasteiger partial charge in [0.1, 0.15) is 0 Å². The van der Waals surface area contributed by atoms with Crippen molar-refractivity contribution in [3.05, 3.63) is 12.0 Å². The molecule has 0 aromatic heterocycles. The molecule has 1 rings (SSSR count). The van der Waals surface area contributed by atoms with E-state index in [1.807, 2.05) is 0 Å². The van der Waals surface area contributed by atoms with Crippen LogP contribution in [-0.2, 0) is 4.74 Å². The third kappa shape index (κ3) is 0.924. The van der Waals surface area contributed by atoms with Crippen molar-refractivity contribution < 1.29 is 4.74 Å². The van der Waals surface area contributed by atoms with Crippen molar-refractivity contribution in [1.82, 2.24) is 0 Å². The van der Waals surface area contributed by atoms with E-state index in [-0.39, 0.29) is 0 Å². The maximum absolute atomic E-state index is 5.18. The first-order chi connectivity index (χ1) is 3.39. The zero-order valence-electron chi connectivity index (χ0n) is 3.79. The van der Waals surface area contributed by atoms with E-state index in [9.17, 15) is 0 Å². The molecule has 0 saturated heterocycles. The lowest BCUT2D eigenvalue weighted by Gasteiger charge is -2.02. The SMILES string of the molecule is NC1=CC=NCO1. The van der Waals surface area contributed by atoms with E-state index in [1.54, 1.807) is 12.3 Å². The van der Waals surface area contributed by atoms with Crippen LogP contribution in [0.1, 0.15) is 0 Å². The summed E-state index contributed by atoms with van der Waals surface area (Å²) in [6.45, 7) is 0.363. The van der Waals surface area contributed by atoms with E-state index in [0.29, 0.717) is 12.6 Å². The second-order valence-corrected chi connectivity index (χ2v) is 1.17. The number of nitrogens with zero attached hydrogens (tertiary/aromatic N) is 1. The highest BCUT2D eigenvalue weighted by molar-refractivity contribution is 5.71. The standard InChI is InChI=1S/C4H6N2O/c5-4-1-2-6-3-7-4/h1-2H,3,5H2. The number of rotatable bonds is 0. The molecule has 0 spiro atoms. The number of ether oxygens (including phenoxy) is 1. The minimum Gasteiger partial charge on any atom is -0.457 e. The first kappa shape index (κ1) is 4.18. The maximum atomic E-state index is 5.18. The third-order valence-electron chi connectivity index (χ3n) is 0.650. The Hall–Kier alpha value is -0.990. The van der Waals surface area contributed by atoms with Gasteiger partial charge >= 0.3 is 0 Å². The van der Waals surface area contributed by atoms with Crippen LogP contribution in [0.15, 0.2) is 17.0 Å². The summed E-state index contributed by atoms with van der Waals surface area (Å²) >= 11 is 0. The van der Waals surface area contributed by atoms with Gasteiger partial charge in [-0.15, -0.1) is 0 Å². The minimum atomic E-state index is 0.363. The predicted octanol–water partition coefficient (Wildman–Crippen LogP) is -0.155. The number of allylic oxidation sites excluding steroid dienone is 1. The average molecular weight is 98.1 g/mol. The molecular formula is C4H6N2O. The second kappa shape index (κ2) is 1.64. The second-order valence-electron chi connectivity index (χ2n) is 1.17. The molecule has 0 fully saturated rings. The molecule has 0 atom stereocenters. The first-order valence-electron chi connectivity index (χ1n) is 1.98. The van der Waals surface area contributed by atoms with Crippen molar-refractivity contribution in [2.75, 3.05) is 6.73 Å². The molecule has 0 unspecified atom stereocenters. The fourth-order valence-electron chi connectivity index (χ4n) is 0.329. The highest BCUT2D eigenvalue weighted by Gasteiger charge is 1.88. The molecule has 3 nitrogen and oxygen atoms in total. The lowest BCUT2D eigenvalue weighted by atomic mass is 10.6. The van der Waals surface area contributed by atoms with E-state index >= 15 is 0 Å². The van der Waals surface area contributed by atoms with Crippen LogP contribution in [0, 0.1) is 0 Å². The van der Waals surface area contributed by atoms with Crippen LogP contribution in [0.2, 0.25) is 0 Å². The van der Waals surface area contributed by atoms with Crippen molar-refractivity contribution in [1.29, 1.82) is 0 Å². The molecule has 1 aliphatic heterocycles. The molecule has 0 aromatic carbocycles. The number of hydrogen-bond donors (Lipinski definition) is 1. The van der Waals surface area contributed by atoms with Gasteiger partial charge in [-0.2, -0.15) is 0 Å². The molecule has 7 heavy (non-hydrogen) atoms. The summed E-state index contributed by atoms with van der Waals surface area (Å²) < 4.78 is 4.72. The summed E-state index contributed by atoms with van der Waals surface area (Å²) in [6, 6.07) is 0. The Morgan fingerprint density at radius 1 is 1.86 bits per heavy atom. The lowest BCUT2D eigenvalue weighted by Crippen LogP contribution is -2.06. The van der Waals surface area contributed by atoms with Crippen LogP contribution in [0.3, 0.4) is 0 Å². The topological polar surface area (TPSA) is 47.6 Å². The summed E-state index contributed by atoms with van der Waals surface area (Å²) in [6.07, 6.45) is 3.24. The van der Waals surface area contributed by atoms with Gasteiger partial charge in [-0.1, -0.05) is 0 Å². The van der Waals surface area contributed by atoms with Gasteiger partial charge in [0.2, 0.25) is 0 Å². The number of hydrogen-bond acceptors (Lipinski definition) is 3. The molecule has 0 radical (unpaired) electrons. The fraction of sp³-hybridized carbons (Fsp3) is 0.250. The highest BCUT2D eigenvalue weighted by Crippen LogP contribution is 1.90. The van der Waals surface area contributed by atoms with Gasteiger partial charge in [-0.3, -0.25) is 4.99 Å². The Morgan fingerprint density at radius 2 is 2.71 bits per heavy atom. The molecule has 3 heteroatoms. The zero-order chi connectivity index (χ0) is 5.11. The van der Waals surface area contributed by atoms with E-state index < -0.39 is 0 Å². The maximum Gasteiger partial charge on any atom is 0.187 e. The Kier molecular flexibility index (Phi) is 0.978. The van der Waals surface area contributed by atoms with Crippen molar-refractivity contribution in [3.63, 3.8) is 0 Å². The van der Waals surface area contributed by atoms with Gasteiger partial charge in [0.05, 0.1) is 0 Å². The van der Waals surface area contributed by atoms with Crippen LogP contribution < -0.4 is 5.73 Å². The Balaban J connectivity index is 2.57. The third-order valence-corrected chi connectivity index (χ3v) is 0.650. The molecular weight excluding hydrogens is 92.1 g/mol. The first-order valence-corrected chi connectivity index (χ1v) is 1.98. The van der Waals surface area contributed by atoms with E-state index in [2.05, 4.69) is 4.99 Å². The van der Waals surface area contributed by atoms with Gasteiger partial charge in [-0.05, 0) is 0 Å². The summed E-state index contributed by atoms with van der Waals surface area (Å²) in [4.78, 5) is 3.72. The van der Waals surface area contributed by atoms with E-state index in [4.69, 9.17) is 10.5 Å². The van der Waals surface area contributed by atoms with Crippen LogP contribution in [0.4, 0.5) is 0 Å². The van der Waals surface area contributed by atoms with Crippen molar-refractivity contribution >= 4 is 6.21 Å². The van der Waals surface area contributed by atoms with Crippen LogP contribution in [0.25, 0.3) is 0 Å². The quantitative estimate of drug-likeness (QED) is 0.457. The van der Waals surface area contributed by atoms with Crippen LogP contribution in [0.5, 0.6) is 0 Å². The lowest BCUT2D eigenvalue weighted by molar-refractivity contribution is 0.217. The largest absolute Gasteiger partial charge is 0.457 e. The van der Waals surface area contributed by atoms with Gasteiger partial charge < -0.3 is 10.5 Å². The zero-order valence-corrected chi connectivity index (χ0v) is 3.79. The smallest absolute Gasteiger partial charge is 0.187 e. The molecule has 0 bridgehead atoms. The Labute approximate surface area is 41.5 Å². The fourth-order valence-corrected chi connectivity index (χ4v) is 0.329. The summed E-state index contributed by atoms with van der Waals surface area (Å²) in [5.74, 6) is 0.440. The Morgan fingerprint density at radius 3 is 3.00 bits per heavy atom. The molecule has 0 amide bonds. The molecule has 1 heterocycles. The average Bonchev–Trinajstić information content (AvgIpc) is 1.69. The van der Waals surface area contributed by atoms with Crippen molar-refractivity contribution in [3.8, 4) is 0 Å². The normalized spacial score (nSPS) is 18.0. The molecule has 0 aromatic rings. The molecule has 38 valence electrons. The predicted molar refractivity (Wildman–Crippen MR) is 26.7 cm³/mol. The molecule has 1 aliphatic rings. The van der Waals surface area contributed by atoms with Crippen molar-refractivity contribution in [2.45, 2.75) is 0 Å². The van der Waals surface area contributed by atoms with E-state index in [0.717, 1.165) is 0 Å². The van der Waals surface area contributed by atoms with Crippen LogP contribution >= 0.6 is 0 Å². The number of nitrogens with two attached hydrogens (primary N) is 1. The molecule has 2 N–H and O–H groups in total. The van der Waals surface area contributed by atoms with Gasteiger partial charge in [-0.25, -0.2) is 0 Å².